The fraction of sp³-hybridized carbons (Fsp3) is 0.200. The summed E-state index contributed by atoms with van der Waals surface area (Å²) >= 11 is 9.70. The van der Waals surface area contributed by atoms with Gasteiger partial charge in [-0.05, 0) is 31.3 Å². The molecule has 24 heavy (non-hydrogen) atoms. The lowest BCUT2D eigenvalue weighted by Crippen LogP contribution is -2.03. The van der Waals surface area contributed by atoms with Crippen LogP contribution in [-0.4, -0.2) is 27.3 Å². The quantitative estimate of drug-likeness (QED) is 0.346. The minimum absolute atomic E-state index is 0.350. The van der Waals surface area contributed by atoms with E-state index in [9.17, 15) is 4.79 Å². The SMILES string of the molecule is CCOC(=O)c1nc(CSc2nn(-c3ccccc3)c(=S)s2)cs1. The van der Waals surface area contributed by atoms with Gasteiger partial charge in [0.05, 0.1) is 18.0 Å². The second-order valence-electron chi connectivity index (χ2n) is 4.53. The first kappa shape index (κ1) is 17.3. The van der Waals surface area contributed by atoms with Gasteiger partial charge in [0.1, 0.15) is 0 Å². The molecule has 0 bridgehead atoms. The van der Waals surface area contributed by atoms with Crippen LogP contribution in [0.2, 0.25) is 0 Å². The number of hydrogen-bond donors (Lipinski definition) is 0. The molecule has 0 aliphatic carbocycles. The topological polar surface area (TPSA) is 57.0 Å². The zero-order chi connectivity index (χ0) is 16.9. The number of ether oxygens (including phenoxy) is 1. The maximum atomic E-state index is 11.6. The van der Waals surface area contributed by atoms with Crippen LogP contribution in [0.25, 0.3) is 5.69 Å². The lowest BCUT2D eigenvalue weighted by atomic mass is 10.3. The second-order valence-corrected chi connectivity index (χ2v) is 8.24. The number of nitrogens with zero attached hydrogens (tertiary/aromatic N) is 3. The average Bonchev–Trinajstić information content (AvgIpc) is 3.21. The van der Waals surface area contributed by atoms with E-state index in [-0.39, 0.29) is 5.97 Å². The van der Waals surface area contributed by atoms with Crippen LogP contribution in [0.1, 0.15) is 22.4 Å². The van der Waals surface area contributed by atoms with E-state index < -0.39 is 0 Å². The smallest absolute Gasteiger partial charge is 0.367 e. The third-order valence-corrected chi connectivity index (χ3v) is 6.15. The van der Waals surface area contributed by atoms with Crippen LogP contribution in [0.15, 0.2) is 40.1 Å². The number of benzene rings is 1. The summed E-state index contributed by atoms with van der Waals surface area (Å²) in [5.74, 6) is 0.259. The summed E-state index contributed by atoms with van der Waals surface area (Å²) in [4.78, 5) is 15.9. The van der Waals surface area contributed by atoms with Gasteiger partial charge in [-0.3, -0.25) is 0 Å². The summed E-state index contributed by atoms with van der Waals surface area (Å²) in [6.07, 6.45) is 0. The molecule has 3 aromatic rings. The van der Waals surface area contributed by atoms with Gasteiger partial charge in [0.15, 0.2) is 8.29 Å². The maximum Gasteiger partial charge on any atom is 0.367 e. The van der Waals surface area contributed by atoms with E-state index in [0.29, 0.717) is 21.3 Å². The van der Waals surface area contributed by atoms with Crippen LogP contribution in [0, 0.1) is 3.95 Å². The van der Waals surface area contributed by atoms with Crippen molar-refractivity contribution in [3.05, 3.63) is 50.4 Å². The molecule has 0 radical (unpaired) electrons. The molecule has 9 heteroatoms. The Bertz CT molecular complexity index is 886. The van der Waals surface area contributed by atoms with Crippen molar-refractivity contribution in [3.8, 4) is 5.69 Å². The highest BCUT2D eigenvalue weighted by molar-refractivity contribution is 8.00. The van der Waals surface area contributed by atoms with E-state index in [1.165, 1.54) is 22.7 Å². The van der Waals surface area contributed by atoms with Gasteiger partial charge in [-0.25, -0.2) is 14.5 Å². The Kier molecular flexibility index (Phi) is 5.77. The first-order valence-corrected chi connectivity index (χ1v) is 10.2. The van der Waals surface area contributed by atoms with E-state index >= 15 is 0 Å². The standard InChI is InChI=1S/C15H13N3O2S4/c1-2-20-13(19)12-16-10(8-22-12)9-23-14-17-18(15(21)24-14)11-6-4-3-5-7-11/h3-8H,2,9H2,1H3. The molecule has 0 aliphatic rings. The van der Waals surface area contributed by atoms with Crippen LogP contribution < -0.4 is 0 Å². The summed E-state index contributed by atoms with van der Waals surface area (Å²) in [6, 6.07) is 9.80. The first-order valence-electron chi connectivity index (χ1n) is 7.07. The zero-order valence-corrected chi connectivity index (χ0v) is 15.9. The number of thioether (sulfide) groups is 1. The molecule has 0 aliphatic heterocycles. The molecular weight excluding hydrogens is 382 g/mol. The van der Waals surface area contributed by atoms with Crippen molar-refractivity contribution in [2.45, 2.75) is 17.0 Å². The van der Waals surface area contributed by atoms with Gasteiger partial charge in [0, 0.05) is 11.1 Å². The normalized spacial score (nSPS) is 10.7. The molecule has 0 atom stereocenters. The van der Waals surface area contributed by atoms with Crippen molar-refractivity contribution in [1.29, 1.82) is 0 Å². The number of hydrogen-bond acceptors (Lipinski definition) is 8. The monoisotopic (exact) mass is 395 g/mol. The van der Waals surface area contributed by atoms with E-state index in [1.54, 1.807) is 23.4 Å². The molecule has 0 amide bonds. The van der Waals surface area contributed by atoms with Gasteiger partial charge in [-0.2, -0.15) is 0 Å². The van der Waals surface area contributed by atoms with E-state index in [1.807, 2.05) is 35.7 Å². The Hall–Kier alpha value is -1.55. The molecule has 2 aromatic heterocycles. The fourth-order valence-electron chi connectivity index (χ4n) is 1.85. The largest absolute Gasteiger partial charge is 0.461 e. The third-order valence-electron chi connectivity index (χ3n) is 2.88. The highest BCUT2D eigenvalue weighted by atomic mass is 32.2. The minimum atomic E-state index is -0.372. The summed E-state index contributed by atoms with van der Waals surface area (Å²) in [6.45, 7) is 2.13. The number of carbonyl (C=O) groups excluding carboxylic acids is 1. The molecule has 0 unspecified atom stereocenters. The molecule has 0 saturated heterocycles. The van der Waals surface area contributed by atoms with Crippen molar-refractivity contribution >= 4 is 52.6 Å². The van der Waals surface area contributed by atoms with Crippen molar-refractivity contribution in [2.24, 2.45) is 0 Å². The van der Waals surface area contributed by atoms with Crippen molar-refractivity contribution in [1.82, 2.24) is 14.8 Å². The van der Waals surface area contributed by atoms with Crippen molar-refractivity contribution < 1.29 is 9.53 Å². The van der Waals surface area contributed by atoms with Gasteiger partial charge < -0.3 is 4.74 Å². The van der Waals surface area contributed by atoms with Crippen LogP contribution in [0.4, 0.5) is 0 Å². The third kappa shape index (κ3) is 4.10. The number of aromatic nitrogens is 3. The molecule has 2 heterocycles. The molecule has 1 aromatic carbocycles. The molecule has 0 N–H and O–H groups in total. The maximum absolute atomic E-state index is 11.6. The van der Waals surface area contributed by atoms with E-state index in [0.717, 1.165) is 15.7 Å². The molecule has 124 valence electrons. The summed E-state index contributed by atoms with van der Waals surface area (Å²) in [7, 11) is 0. The molecular formula is C15H13N3O2S4. The van der Waals surface area contributed by atoms with E-state index in [4.69, 9.17) is 17.0 Å². The molecule has 0 saturated carbocycles. The number of esters is 1. The van der Waals surface area contributed by atoms with Gasteiger partial charge in [0.2, 0.25) is 5.01 Å². The predicted octanol–water partition coefficient (Wildman–Crippen LogP) is 4.59. The second kappa shape index (κ2) is 8.02. The van der Waals surface area contributed by atoms with Gasteiger partial charge >= 0.3 is 5.97 Å². The summed E-state index contributed by atoms with van der Waals surface area (Å²) < 4.78 is 8.28. The lowest BCUT2D eigenvalue weighted by molar-refractivity contribution is 0.0525. The Balaban J connectivity index is 1.68. The van der Waals surface area contributed by atoms with Crippen LogP contribution in [0.3, 0.4) is 0 Å². The molecule has 0 spiro atoms. The lowest BCUT2D eigenvalue weighted by Gasteiger charge is -1.98. The van der Waals surface area contributed by atoms with Gasteiger partial charge in [-0.15, -0.1) is 16.4 Å². The average molecular weight is 396 g/mol. The summed E-state index contributed by atoms with van der Waals surface area (Å²) in [5, 5.41) is 6.80. The highest BCUT2D eigenvalue weighted by Gasteiger charge is 2.13. The first-order chi connectivity index (χ1) is 11.7. The zero-order valence-electron chi connectivity index (χ0n) is 12.7. The van der Waals surface area contributed by atoms with Gasteiger partial charge in [0.25, 0.3) is 0 Å². The number of para-hydroxylation sites is 1. The van der Waals surface area contributed by atoms with Crippen molar-refractivity contribution in [2.75, 3.05) is 6.61 Å². The minimum Gasteiger partial charge on any atom is -0.461 e. The Labute approximate surface area is 156 Å². The Morgan fingerprint density at radius 2 is 2.17 bits per heavy atom. The highest BCUT2D eigenvalue weighted by Crippen LogP contribution is 2.27. The van der Waals surface area contributed by atoms with Crippen LogP contribution in [-0.2, 0) is 10.5 Å². The Morgan fingerprint density at radius 3 is 2.92 bits per heavy atom. The van der Waals surface area contributed by atoms with Crippen molar-refractivity contribution in [3.63, 3.8) is 0 Å². The molecule has 0 fully saturated rings. The summed E-state index contributed by atoms with van der Waals surface area (Å²) in [5.41, 5.74) is 1.78. The Morgan fingerprint density at radius 1 is 1.38 bits per heavy atom. The predicted molar refractivity (Wildman–Crippen MR) is 99.9 cm³/mol. The van der Waals surface area contributed by atoms with E-state index in [2.05, 4.69) is 10.1 Å². The number of carbonyl (C=O) groups is 1. The molecule has 3 rings (SSSR count). The number of thiazole rings is 1. The molecule has 5 nitrogen and oxygen atoms in total. The number of rotatable bonds is 6. The van der Waals surface area contributed by atoms with Gasteiger partial charge in [-0.1, -0.05) is 41.3 Å². The van der Waals surface area contributed by atoms with Crippen LogP contribution >= 0.6 is 46.7 Å². The van der Waals surface area contributed by atoms with Crippen LogP contribution in [0.5, 0.6) is 0 Å². The fourth-order valence-corrected chi connectivity index (χ4v) is 4.92.